The molecule has 0 amide bonds. The van der Waals surface area contributed by atoms with Gasteiger partial charge in [0.15, 0.2) is 0 Å². The first-order chi connectivity index (χ1) is 10.2. The number of likely N-dealkylation sites (N-methyl/N-ethyl adjacent to an activating group) is 1. The number of nitrogen functional groups attached to an aromatic ring is 1. The number of phenolic OH excluding ortho intramolecular Hbond substituents is 1. The number of nitrogens with one attached hydrogen (secondary N) is 1. The van der Waals surface area contributed by atoms with Crippen molar-refractivity contribution < 1.29 is 14.4 Å². The Morgan fingerprint density at radius 1 is 1.27 bits per heavy atom. The van der Waals surface area contributed by atoms with Crippen LogP contribution in [0.2, 0.25) is 0 Å². The largest absolute Gasteiger partial charge is 0.507 e. The minimum absolute atomic E-state index is 0.180. The van der Waals surface area contributed by atoms with Crippen LogP contribution in [0, 0.1) is 0 Å². The molecule has 0 spiro atoms. The summed E-state index contributed by atoms with van der Waals surface area (Å²) in [6.07, 6.45) is 1.87. The number of hydrogen-bond acceptors (Lipinski definition) is 5. The molecule has 120 valence electrons. The maximum atomic E-state index is 10.00. The third-order valence-corrected chi connectivity index (χ3v) is 4.33. The van der Waals surface area contributed by atoms with Crippen LogP contribution in [0.1, 0.15) is 33.3 Å². The number of phenols is 1. The molecule has 1 saturated heterocycles. The fourth-order valence-corrected chi connectivity index (χ4v) is 2.29. The van der Waals surface area contributed by atoms with Gasteiger partial charge in [-0.3, -0.25) is 0 Å². The molecule has 0 bridgehead atoms. The van der Waals surface area contributed by atoms with E-state index in [0.29, 0.717) is 17.8 Å². The standard InChI is InChI=1S/C16H25BN2O3/c1-15(2)16(3,4)22-17(21-15)12(10-19-5)8-11-9-13(18)6-7-14(11)20/h6-9,19-20H,10,18H2,1-5H3. The van der Waals surface area contributed by atoms with E-state index in [-0.39, 0.29) is 5.75 Å². The van der Waals surface area contributed by atoms with E-state index in [0.717, 1.165) is 5.47 Å². The quantitative estimate of drug-likeness (QED) is 0.452. The van der Waals surface area contributed by atoms with Crippen LogP contribution in [0.15, 0.2) is 23.7 Å². The Bertz CT molecular complexity index is 569. The Kier molecular flexibility index (Phi) is 4.56. The summed E-state index contributed by atoms with van der Waals surface area (Å²) in [7, 11) is 1.40. The molecule has 1 aromatic carbocycles. The fourth-order valence-electron chi connectivity index (χ4n) is 2.29. The molecule has 1 heterocycles. The van der Waals surface area contributed by atoms with E-state index in [1.807, 2.05) is 40.8 Å². The van der Waals surface area contributed by atoms with E-state index in [4.69, 9.17) is 15.0 Å². The van der Waals surface area contributed by atoms with E-state index in [9.17, 15) is 5.11 Å². The maximum Gasteiger partial charge on any atom is 0.491 e. The number of hydrogen-bond donors (Lipinski definition) is 3. The summed E-state index contributed by atoms with van der Waals surface area (Å²) in [4.78, 5) is 0. The van der Waals surface area contributed by atoms with Gasteiger partial charge in [0.25, 0.3) is 0 Å². The van der Waals surface area contributed by atoms with E-state index in [2.05, 4.69) is 5.32 Å². The van der Waals surface area contributed by atoms with Crippen molar-refractivity contribution in [3.63, 3.8) is 0 Å². The van der Waals surface area contributed by atoms with Gasteiger partial charge in [-0.2, -0.15) is 0 Å². The molecule has 22 heavy (non-hydrogen) atoms. The predicted octanol–water partition coefficient (Wildman–Crippen LogP) is 2.21. The van der Waals surface area contributed by atoms with Gasteiger partial charge < -0.3 is 25.5 Å². The van der Waals surface area contributed by atoms with Crippen molar-refractivity contribution in [2.24, 2.45) is 0 Å². The lowest BCUT2D eigenvalue weighted by Crippen LogP contribution is -2.41. The van der Waals surface area contributed by atoms with Crippen LogP contribution in [0.4, 0.5) is 5.69 Å². The Balaban J connectivity index is 2.35. The Morgan fingerprint density at radius 2 is 1.86 bits per heavy atom. The summed E-state index contributed by atoms with van der Waals surface area (Å²) >= 11 is 0. The first kappa shape index (κ1) is 16.9. The zero-order valence-electron chi connectivity index (χ0n) is 13.9. The predicted molar refractivity (Wildman–Crippen MR) is 90.5 cm³/mol. The van der Waals surface area contributed by atoms with Gasteiger partial charge in [0.1, 0.15) is 5.75 Å². The van der Waals surface area contributed by atoms with Gasteiger partial charge in [-0.1, -0.05) is 6.08 Å². The van der Waals surface area contributed by atoms with Crippen molar-refractivity contribution in [3.05, 3.63) is 29.2 Å². The molecular formula is C16H25BN2O3. The third kappa shape index (κ3) is 3.29. The number of aromatic hydroxyl groups is 1. The first-order valence-corrected chi connectivity index (χ1v) is 7.45. The molecule has 6 heteroatoms. The fraction of sp³-hybridized carbons (Fsp3) is 0.500. The maximum absolute atomic E-state index is 10.00. The molecule has 0 saturated carbocycles. The highest BCUT2D eigenvalue weighted by molar-refractivity contribution is 6.56. The first-order valence-electron chi connectivity index (χ1n) is 7.45. The van der Waals surface area contributed by atoms with E-state index in [1.165, 1.54) is 0 Å². The summed E-state index contributed by atoms with van der Waals surface area (Å²) in [5, 5.41) is 13.1. The molecule has 1 fully saturated rings. The molecule has 4 N–H and O–H groups in total. The molecule has 0 aliphatic carbocycles. The minimum Gasteiger partial charge on any atom is -0.507 e. The molecule has 0 unspecified atom stereocenters. The zero-order valence-corrected chi connectivity index (χ0v) is 13.9. The van der Waals surface area contributed by atoms with E-state index < -0.39 is 18.3 Å². The van der Waals surface area contributed by atoms with Crippen molar-refractivity contribution in [2.75, 3.05) is 19.3 Å². The highest BCUT2D eigenvalue weighted by Gasteiger charge is 2.52. The summed E-state index contributed by atoms with van der Waals surface area (Å²) < 4.78 is 12.2. The van der Waals surface area contributed by atoms with Crippen molar-refractivity contribution in [3.8, 4) is 5.75 Å². The van der Waals surface area contributed by atoms with Gasteiger partial charge in [0.2, 0.25) is 0 Å². The van der Waals surface area contributed by atoms with Crippen LogP contribution in [0.3, 0.4) is 0 Å². The summed E-state index contributed by atoms with van der Waals surface area (Å²) in [6, 6.07) is 4.98. The summed E-state index contributed by atoms with van der Waals surface area (Å²) in [6.45, 7) is 8.65. The number of benzene rings is 1. The second-order valence-electron chi connectivity index (χ2n) is 6.66. The zero-order chi connectivity index (χ0) is 16.5. The smallest absolute Gasteiger partial charge is 0.491 e. The van der Waals surface area contributed by atoms with Crippen molar-refractivity contribution >= 4 is 18.9 Å². The molecule has 1 aliphatic rings. The topological polar surface area (TPSA) is 76.7 Å². The van der Waals surface area contributed by atoms with Gasteiger partial charge in [0.05, 0.1) is 11.2 Å². The van der Waals surface area contributed by atoms with Crippen LogP contribution in [0.5, 0.6) is 5.75 Å². The van der Waals surface area contributed by atoms with Gasteiger partial charge in [0, 0.05) is 17.8 Å². The molecular weight excluding hydrogens is 279 g/mol. The second kappa shape index (κ2) is 5.95. The SMILES string of the molecule is CNCC(=Cc1cc(N)ccc1O)B1OC(C)(C)C(C)(C)O1. The molecule has 0 atom stereocenters. The normalized spacial score (nSPS) is 20.4. The van der Waals surface area contributed by atoms with Gasteiger partial charge in [-0.05, 0) is 58.4 Å². The van der Waals surface area contributed by atoms with E-state index >= 15 is 0 Å². The average molecular weight is 304 g/mol. The molecule has 2 rings (SSSR count). The Hall–Kier alpha value is -1.50. The number of nitrogens with two attached hydrogens (primary N) is 1. The lowest BCUT2D eigenvalue weighted by Gasteiger charge is -2.32. The van der Waals surface area contributed by atoms with Crippen LogP contribution in [-0.4, -0.2) is 37.0 Å². The highest BCUT2D eigenvalue weighted by atomic mass is 16.7. The van der Waals surface area contributed by atoms with E-state index in [1.54, 1.807) is 18.2 Å². The molecule has 5 nitrogen and oxygen atoms in total. The van der Waals surface area contributed by atoms with Gasteiger partial charge >= 0.3 is 7.12 Å². The van der Waals surface area contributed by atoms with Crippen molar-refractivity contribution in [1.29, 1.82) is 0 Å². The van der Waals surface area contributed by atoms with Gasteiger partial charge in [-0.15, -0.1) is 0 Å². The average Bonchev–Trinajstić information content (AvgIpc) is 2.62. The lowest BCUT2D eigenvalue weighted by molar-refractivity contribution is 0.00578. The number of anilines is 1. The van der Waals surface area contributed by atoms with Crippen molar-refractivity contribution in [2.45, 2.75) is 38.9 Å². The highest BCUT2D eigenvalue weighted by Crippen LogP contribution is 2.39. The second-order valence-corrected chi connectivity index (χ2v) is 6.66. The van der Waals surface area contributed by atoms with Crippen LogP contribution < -0.4 is 11.1 Å². The van der Waals surface area contributed by atoms with Crippen LogP contribution in [-0.2, 0) is 9.31 Å². The van der Waals surface area contributed by atoms with Crippen LogP contribution >= 0.6 is 0 Å². The molecule has 0 aromatic heterocycles. The Labute approximate surface area is 132 Å². The summed E-state index contributed by atoms with van der Waals surface area (Å²) in [5.41, 5.74) is 7.15. The lowest BCUT2D eigenvalue weighted by atomic mass is 9.77. The van der Waals surface area contributed by atoms with Crippen LogP contribution in [0.25, 0.3) is 6.08 Å². The minimum atomic E-state index is -0.460. The molecule has 1 aliphatic heterocycles. The molecule has 1 aromatic rings. The van der Waals surface area contributed by atoms with Gasteiger partial charge in [-0.25, -0.2) is 0 Å². The summed E-state index contributed by atoms with van der Waals surface area (Å²) in [5.74, 6) is 0.180. The Morgan fingerprint density at radius 3 is 2.41 bits per heavy atom. The molecule has 0 radical (unpaired) electrons. The third-order valence-electron chi connectivity index (χ3n) is 4.33. The monoisotopic (exact) mass is 304 g/mol. The van der Waals surface area contributed by atoms with Crippen molar-refractivity contribution in [1.82, 2.24) is 5.32 Å². The number of rotatable bonds is 4.